The second-order valence-corrected chi connectivity index (χ2v) is 8.68. The number of anilines is 1. The Bertz CT molecular complexity index is 1070. The van der Waals surface area contributed by atoms with Crippen molar-refractivity contribution in [3.05, 3.63) is 77.5 Å². The van der Waals surface area contributed by atoms with Crippen LogP contribution in [0, 0.1) is 13.8 Å². The van der Waals surface area contributed by atoms with Crippen molar-refractivity contribution in [2.45, 2.75) is 38.5 Å². The van der Waals surface area contributed by atoms with Crippen LogP contribution in [0.3, 0.4) is 0 Å². The van der Waals surface area contributed by atoms with Gasteiger partial charge in [0, 0.05) is 5.69 Å². The molecule has 0 aliphatic rings. The van der Waals surface area contributed by atoms with Crippen LogP contribution in [0.1, 0.15) is 36.6 Å². The fourth-order valence-electron chi connectivity index (χ4n) is 3.00. The molecule has 2 aromatic carbocycles. The number of benzene rings is 2. The minimum atomic E-state index is -3.69. The molecule has 0 radical (unpaired) electrons. The van der Waals surface area contributed by atoms with Crippen molar-refractivity contribution in [2.75, 3.05) is 4.72 Å². The zero-order valence-electron chi connectivity index (χ0n) is 16.0. The van der Waals surface area contributed by atoms with Crippen LogP contribution in [0.5, 0.6) is 0 Å². The summed E-state index contributed by atoms with van der Waals surface area (Å²) in [6.07, 6.45) is 0. The van der Waals surface area contributed by atoms with Gasteiger partial charge in [-0.1, -0.05) is 56.3 Å². The highest BCUT2D eigenvalue weighted by atomic mass is 32.2. The number of pyridine rings is 1. The Balaban J connectivity index is 1.93. The summed E-state index contributed by atoms with van der Waals surface area (Å²) in [5.41, 5.74) is 4.80. The summed E-state index contributed by atoms with van der Waals surface area (Å²) in [7, 11) is -3.69. The first-order chi connectivity index (χ1) is 12.8. The molecule has 3 rings (SSSR count). The van der Waals surface area contributed by atoms with Gasteiger partial charge in [-0.25, -0.2) is 13.4 Å². The highest BCUT2D eigenvalue weighted by Crippen LogP contribution is 2.28. The smallest absolute Gasteiger partial charge is 0.263 e. The van der Waals surface area contributed by atoms with Crippen LogP contribution in [0.25, 0.3) is 11.1 Å². The van der Waals surface area contributed by atoms with Crippen molar-refractivity contribution in [2.24, 2.45) is 0 Å². The molecule has 27 heavy (non-hydrogen) atoms. The van der Waals surface area contributed by atoms with E-state index in [1.54, 1.807) is 18.2 Å². The minimum absolute atomic E-state index is 0.259. The first-order valence-electron chi connectivity index (χ1n) is 8.94. The maximum absolute atomic E-state index is 12.8. The number of aromatic nitrogens is 1. The lowest BCUT2D eigenvalue weighted by molar-refractivity contribution is 0.600. The van der Waals surface area contributed by atoms with Crippen LogP contribution >= 0.6 is 0 Å². The molecule has 0 fully saturated rings. The molecule has 0 amide bonds. The summed E-state index contributed by atoms with van der Waals surface area (Å²) >= 11 is 0. The number of aryl methyl sites for hydroxylation is 2. The summed E-state index contributed by atoms with van der Waals surface area (Å²) in [4.78, 5) is 4.47. The van der Waals surface area contributed by atoms with Gasteiger partial charge in [-0.15, -0.1) is 0 Å². The van der Waals surface area contributed by atoms with E-state index in [0.29, 0.717) is 17.3 Å². The average molecular weight is 381 g/mol. The Kier molecular flexibility index (Phi) is 5.33. The topological polar surface area (TPSA) is 59.1 Å². The molecule has 0 aliphatic heterocycles. The van der Waals surface area contributed by atoms with E-state index >= 15 is 0 Å². The molecule has 0 atom stereocenters. The molecule has 0 unspecified atom stereocenters. The van der Waals surface area contributed by atoms with E-state index in [1.165, 1.54) is 5.56 Å². The molecule has 3 aromatic rings. The van der Waals surface area contributed by atoms with Gasteiger partial charge in [0.1, 0.15) is 5.82 Å². The van der Waals surface area contributed by atoms with E-state index in [1.807, 2.05) is 44.2 Å². The molecule has 5 heteroatoms. The Morgan fingerprint density at radius 1 is 0.889 bits per heavy atom. The second-order valence-electron chi connectivity index (χ2n) is 7.03. The maximum Gasteiger partial charge on any atom is 0.263 e. The molecule has 0 bridgehead atoms. The van der Waals surface area contributed by atoms with Gasteiger partial charge in [0.25, 0.3) is 10.0 Å². The van der Waals surface area contributed by atoms with Gasteiger partial charge in [0.15, 0.2) is 0 Å². The fourth-order valence-corrected chi connectivity index (χ4v) is 4.23. The monoisotopic (exact) mass is 380 g/mol. The number of nitrogens with one attached hydrogen (secondary N) is 1. The van der Waals surface area contributed by atoms with E-state index in [2.05, 4.69) is 35.7 Å². The Hall–Kier alpha value is -2.66. The zero-order valence-corrected chi connectivity index (χ0v) is 16.8. The normalized spacial score (nSPS) is 11.6. The SMILES string of the molecule is Cc1cccc(NS(=O)(=O)c2ccc(-c3cccc(C(C)C)c3)cc2C)n1. The van der Waals surface area contributed by atoms with Crippen molar-refractivity contribution >= 4 is 15.8 Å². The number of rotatable bonds is 5. The van der Waals surface area contributed by atoms with Crippen molar-refractivity contribution in [1.82, 2.24) is 4.98 Å². The molecule has 0 saturated heterocycles. The standard InChI is InChI=1S/C22H24N2O2S/c1-15(2)18-8-6-9-19(14-18)20-11-12-21(16(3)13-20)27(25,26)24-22-10-5-7-17(4)23-22/h5-15H,1-4H3,(H,23,24). The van der Waals surface area contributed by atoms with Gasteiger partial charge in [-0.3, -0.25) is 4.72 Å². The van der Waals surface area contributed by atoms with Crippen LogP contribution < -0.4 is 4.72 Å². The molecule has 1 aromatic heterocycles. The first kappa shape index (κ1) is 19.1. The van der Waals surface area contributed by atoms with Gasteiger partial charge in [0.2, 0.25) is 0 Å². The highest BCUT2D eigenvalue weighted by molar-refractivity contribution is 7.92. The molecule has 140 valence electrons. The van der Waals surface area contributed by atoms with E-state index in [-0.39, 0.29) is 4.90 Å². The third-order valence-electron chi connectivity index (χ3n) is 4.48. The Morgan fingerprint density at radius 3 is 2.26 bits per heavy atom. The molecular formula is C22H24N2O2S. The van der Waals surface area contributed by atoms with Gasteiger partial charge in [-0.05, 0) is 60.2 Å². The van der Waals surface area contributed by atoms with Crippen LogP contribution in [0.2, 0.25) is 0 Å². The van der Waals surface area contributed by atoms with Crippen LogP contribution in [0.15, 0.2) is 65.6 Å². The summed E-state index contributed by atoms with van der Waals surface area (Å²) in [6.45, 7) is 7.95. The molecular weight excluding hydrogens is 356 g/mol. The largest absolute Gasteiger partial charge is 0.263 e. The van der Waals surface area contributed by atoms with Crippen molar-refractivity contribution in [3.63, 3.8) is 0 Å². The van der Waals surface area contributed by atoms with Gasteiger partial charge >= 0.3 is 0 Å². The van der Waals surface area contributed by atoms with Crippen molar-refractivity contribution < 1.29 is 8.42 Å². The average Bonchev–Trinajstić information content (AvgIpc) is 2.61. The number of hydrogen-bond acceptors (Lipinski definition) is 3. The number of hydrogen-bond donors (Lipinski definition) is 1. The summed E-state index contributed by atoms with van der Waals surface area (Å²) in [5, 5.41) is 0. The molecule has 0 spiro atoms. The van der Waals surface area contributed by atoms with E-state index in [4.69, 9.17) is 0 Å². The second kappa shape index (κ2) is 7.53. The Labute approximate surface area is 161 Å². The molecule has 1 N–H and O–H groups in total. The predicted molar refractivity (Wildman–Crippen MR) is 110 cm³/mol. The van der Waals surface area contributed by atoms with Crippen LogP contribution in [-0.2, 0) is 10.0 Å². The summed E-state index contributed by atoms with van der Waals surface area (Å²) in [6, 6.07) is 19.0. The van der Waals surface area contributed by atoms with Crippen LogP contribution in [0.4, 0.5) is 5.82 Å². The lowest BCUT2D eigenvalue weighted by atomic mass is 9.97. The molecule has 1 heterocycles. The maximum atomic E-state index is 12.8. The number of nitrogens with zero attached hydrogens (tertiary/aromatic N) is 1. The van der Waals surface area contributed by atoms with Gasteiger partial charge in [0.05, 0.1) is 4.90 Å². The molecule has 0 saturated carbocycles. The highest BCUT2D eigenvalue weighted by Gasteiger charge is 2.18. The molecule has 4 nitrogen and oxygen atoms in total. The van der Waals surface area contributed by atoms with Crippen molar-refractivity contribution in [3.8, 4) is 11.1 Å². The predicted octanol–water partition coefficient (Wildman–Crippen LogP) is 5.29. The first-order valence-corrected chi connectivity index (χ1v) is 10.4. The van der Waals surface area contributed by atoms with E-state index < -0.39 is 10.0 Å². The third kappa shape index (κ3) is 4.37. The molecule has 0 aliphatic carbocycles. The minimum Gasteiger partial charge on any atom is -0.263 e. The number of sulfonamides is 1. The third-order valence-corrected chi connectivity index (χ3v) is 5.99. The van der Waals surface area contributed by atoms with E-state index in [0.717, 1.165) is 16.8 Å². The van der Waals surface area contributed by atoms with Gasteiger partial charge in [-0.2, -0.15) is 0 Å². The van der Waals surface area contributed by atoms with Crippen LogP contribution in [-0.4, -0.2) is 13.4 Å². The van der Waals surface area contributed by atoms with E-state index in [9.17, 15) is 8.42 Å². The van der Waals surface area contributed by atoms with Gasteiger partial charge < -0.3 is 0 Å². The summed E-state index contributed by atoms with van der Waals surface area (Å²) in [5.74, 6) is 0.764. The Morgan fingerprint density at radius 2 is 1.59 bits per heavy atom. The zero-order chi connectivity index (χ0) is 19.6. The fraction of sp³-hybridized carbons (Fsp3) is 0.227. The quantitative estimate of drug-likeness (QED) is 0.654. The lowest BCUT2D eigenvalue weighted by Crippen LogP contribution is -2.15. The lowest BCUT2D eigenvalue weighted by Gasteiger charge is -2.13. The van der Waals surface area contributed by atoms with Crippen molar-refractivity contribution in [1.29, 1.82) is 0 Å². The summed E-state index contributed by atoms with van der Waals surface area (Å²) < 4.78 is 28.1.